The number of rotatable bonds is 4. The first-order valence-electron chi connectivity index (χ1n) is 6.80. The summed E-state index contributed by atoms with van der Waals surface area (Å²) in [5.41, 5.74) is 0.742. The van der Waals surface area contributed by atoms with E-state index in [4.69, 9.17) is 9.47 Å². The maximum absolute atomic E-state index is 12.2. The van der Waals surface area contributed by atoms with Crippen molar-refractivity contribution in [3.05, 3.63) is 35.9 Å². The second kappa shape index (κ2) is 5.68. The molecule has 0 amide bonds. The predicted molar refractivity (Wildman–Crippen MR) is 74.2 cm³/mol. The Morgan fingerprint density at radius 1 is 1.14 bits per heavy atom. The number of carbonyl (C=O) groups is 3. The largest absolute Gasteiger partial charge is 0.422 e. The van der Waals surface area contributed by atoms with Crippen LogP contribution in [0.15, 0.2) is 30.3 Å². The summed E-state index contributed by atoms with van der Waals surface area (Å²) in [5.74, 6) is -4.33. The quantitative estimate of drug-likeness (QED) is 0.628. The van der Waals surface area contributed by atoms with Gasteiger partial charge >= 0.3 is 11.9 Å². The van der Waals surface area contributed by atoms with Crippen molar-refractivity contribution < 1.29 is 23.9 Å². The summed E-state index contributed by atoms with van der Waals surface area (Å²) in [5, 5.41) is 0. The fraction of sp³-hybridized carbons (Fsp3) is 0.438. The Bertz CT molecular complexity index is 541. The van der Waals surface area contributed by atoms with Gasteiger partial charge in [0.15, 0.2) is 5.92 Å². The number of ketones is 1. The van der Waals surface area contributed by atoms with Crippen LogP contribution in [-0.2, 0) is 23.9 Å². The van der Waals surface area contributed by atoms with Gasteiger partial charge in [-0.25, -0.2) is 0 Å². The van der Waals surface area contributed by atoms with Crippen molar-refractivity contribution in [1.82, 2.24) is 0 Å². The van der Waals surface area contributed by atoms with Crippen molar-refractivity contribution in [3.8, 4) is 0 Å². The van der Waals surface area contributed by atoms with Gasteiger partial charge in [-0.15, -0.1) is 0 Å². The molecule has 1 aliphatic heterocycles. The second-order valence-corrected chi connectivity index (χ2v) is 5.64. The van der Waals surface area contributed by atoms with Crippen molar-refractivity contribution in [2.24, 2.45) is 5.92 Å². The van der Waals surface area contributed by atoms with Gasteiger partial charge in [0.05, 0.1) is 0 Å². The topological polar surface area (TPSA) is 69.7 Å². The monoisotopic (exact) mass is 290 g/mol. The summed E-state index contributed by atoms with van der Waals surface area (Å²) >= 11 is 0. The second-order valence-electron chi connectivity index (χ2n) is 5.64. The summed E-state index contributed by atoms with van der Waals surface area (Å²) in [6, 6.07) is 8.99. The molecule has 21 heavy (non-hydrogen) atoms. The predicted octanol–water partition coefficient (Wildman–Crippen LogP) is 2.20. The lowest BCUT2D eigenvalue weighted by molar-refractivity contribution is -0.241. The molecule has 0 unspecified atom stereocenters. The van der Waals surface area contributed by atoms with Crippen LogP contribution in [0.25, 0.3) is 0 Å². The molecular formula is C16H18O5. The van der Waals surface area contributed by atoms with E-state index >= 15 is 0 Å². The average Bonchev–Trinajstić information content (AvgIpc) is 2.36. The normalized spacial score (nSPS) is 19.6. The van der Waals surface area contributed by atoms with Gasteiger partial charge in [0.2, 0.25) is 0 Å². The molecule has 5 heteroatoms. The van der Waals surface area contributed by atoms with Crippen LogP contribution in [-0.4, -0.2) is 23.5 Å². The van der Waals surface area contributed by atoms with E-state index in [1.54, 1.807) is 24.3 Å². The van der Waals surface area contributed by atoms with Crippen LogP contribution in [0.5, 0.6) is 0 Å². The standard InChI is InChI=1S/C16H18O5/c1-10(17)9-12(11-7-5-4-6-8-11)13-14(18)20-16(2,3)21-15(13)19/h4-8,12-13H,9H2,1-3H3/t12-/m0/s1. The smallest absolute Gasteiger partial charge is 0.324 e. The molecule has 1 aromatic rings. The highest BCUT2D eigenvalue weighted by Gasteiger charge is 2.47. The number of cyclic esters (lactones) is 2. The Balaban J connectivity index is 2.35. The fourth-order valence-corrected chi connectivity index (χ4v) is 2.50. The molecule has 0 N–H and O–H groups in total. The third-order valence-corrected chi connectivity index (χ3v) is 3.34. The summed E-state index contributed by atoms with van der Waals surface area (Å²) in [6.45, 7) is 4.43. The van der Waals surface area contributed by atoms with Gasteiger partial charge in [0, 0.05) is 26.2 Å². The van der Waals surface area contributed by atoms with Crippen molar-refractivity contribution in [2.45, 2.75) is 38.9 Å². The summed E-state index contributed by atoms with van der Waals surface area (Å²) < 4.78 is 10.3. The van der Waals surface area contributed by atoms with Gasteiger partial charge in [-0.05, 0) is 12.5 Å². The molecule has 1 atom stereocenters. The average molecular weight is 290 g/mol. The van der Waals surface area contributed by atoms with Crippen LogP contribution >= 0.6 is 0 Å². The number of ether oxygens (including phenoxy) is 2. The molecule has 1 heterocycles. The van der Waals surface area contributed by atoms with Crippen molar-refractivity contribution >= 4 is 17.7 Å². The van der Waals surface area contributed by atoms with E-state index in [-0.39, 0.29) is 12.2 Å². The molecule has 5 nitrogen and oxygen atoms in total. The molecule has 0 spiro atoms. The van der Waals surface area contributed by atoms with Gasteiger partial charge in [-0.1, -0.05) is 30.3 Å². The van der Waals surface area contributed by atoms with Crippen LogP contribution in [0, 0.1) is 5.92 Å². The molecule has 1 aliphatic rings. The summed E-state index contributed by atoms with van der Waals surface area (Å²) in [6.07, 6.45) is 0.0826. The molecule has 0 radical (unpaired) electrons. The van der Waals surface area contributed by atoms with Gasteiger partial charge in [-0.3, -0.25) is 9.59 Å². The maximum Gasteiger partial charge on any atom is 0.324 e. The number of carbonyl (C=O) groups excluding carboxylic acids is 3. The number of esters is 2. The van der Waals surface area contributed by atoms with E-state index in [1.165, 1.54) is 20.8 Å². The highest BCUT2D eigenvalue weighted by atomic mass is 16.7. The Morgan fingerprint density at radius 2 is 1.67 bits per heavy atom. The number of benzene rings is 1. The number of hydrogen-bond donors (Lipinski definition) is 0. The fourth-order valence-electron chi connectivity index (χ4n) is 2.50. The van der Waals surface area contributed by atoms with Gasteiger partial charge < -0.3 is 14.3 Å². The lowest BCUT2D eigenvalue weighted by atomic mass is 9.82. The van der Waals surface area contributed by atoms with Gasteiger partial charge in [0.25, 0.3) is 5.79 Å². The zero-order valence-corrected chi connectivity index (χ0v) is 12.3. The van der Waals surface area contributed by atoms with Crippen LogP contribution in [0.4, 0.5) is 0 Å². The molecule has 0 aliphatic carbocycles. The molecule has 0 saturated carbocycles. The van der Waals surface area contributed by atoms with Gasteiger partial charge in [-0.2, -0.15) is 0 Å². The lowest BCUT2D eigenvalue weighted by Gasteiger charge is -2.35. The van der Waals surface area contributed by atoms with E-state index in [0.717, 1.165) is 5.56 Å². The van der Waals surface area contributed by atoms with Gasteiger partial charge in [0.1, 0.15) is 5.78 Å². The number of Topliss-reactive ketones (excluding diaryl/α,β-unsaturated/α-hetero) is 1. The molecule has 1 saturated heterocycles. The summed E-state index contributed by atoms with van der Waals surface area (Å²) in [7, 11) is 0. The zero-order valence-electron chi connectivity index (χ0n) is 12.3. The minimum absolute atomic E-state index is 0.0826. The van der Waals surface area contributed by atoms with E-state index in [2.05, 4.69) is 0 Å². The zero-order chi connectivity index (χ0) is 15.6. The van der Waals surface area contributed by atoms with Crippen molar-refractivity contribution in [2.75, 3.05) is 0 Å². The molecule has 1 fully saturated rings. The van der Waals surface area contributed by atoms with E-state index in [9.17, 15) is 14.4 Å². The van der Waals surface area contributed by atoms with E-state index in [0.29, 0.717) is 0 Å². The Kier molecular flexibility index (Phi) is 4.11. The molecule has 112 valence electrons. The van der Waals surface area contributed by atoms with Crippen LogP contribution in [0.2, 0.25) is 0 Å². The third kappa shape index (κ3) is 3.48. The minimum Gasteiger partial charge on any atom is -0.422 e. The lowest BCUT2D eigenvalue weighted by Crippen LogP contribution is -2.48. The Hall–Kier alpha value is -2.17. The molecule has 0 bridgehead atoms. The van der Waals surface area contributed by atoms with Crippen LogP contribution in [0.3, 0.4) is 0 Å². The molecule has 1 aromatic carbocycles. The van der Waals surface area contributed by atoms with Crippen molar-refractivity contribution in [1.29, 1.82) is 0 Å². The first kappa shape index (κ1) is 15.2. The molecule has 0 aromatic heterocycles. The SMILES string of the molecule is CC(=O)C[C@@H](c1ccccc1)C1C(=O)OC(C)(C)OC1=O. The van der Waals surface area contributed by atoms with E-state index in [1.807, 2.05) is 6.07 Å². The first-order valence-corrected chi connectivity index (χ1v) is 6.80. The highest BCUT2D eigenvalue weighted by molar-refractivity contribution is 5.98. The number of hydrogen-bond acceptors (Lipinski definition) is 5. The highest BCUT2D eigenvalue weighted by Crippen LogP contribution is 2.35. The minimum atomic E-state index is -1.26. The van der Waals surface area contributed by atoms with Crippen molar-refractivity contribution in [3.63, 3.8) is 0 Å². The Labute approximate surface area is 123 Å². The maximum atomic E-state index is 12.2. The third-order valence-electron chi connectivity index (χ3n) is 3.34. The van der Waals surface area contributed by atoms with E-state index < -0.39 is 29.6 Å². The first-order chi connectivity index (χ1) is 9.80. The molecular weight excluding hydrogens is 272 g/mol. The van der Waals surface area contributed by atoms with Crippen LogP contribution in [0.1, 0.15) is 38.7 Å². The van der Waals surface area contributed by atoms with Crippen LogP contribution < -0.4 is 0 Å². The summed E-state index contributed by atoms with van der Waals surface area (Å²) in [4.78, 5) is 35.9. The molecule has 2 rings (SSSR count). The Morgan fingerprint density at radius 3 is 2.14 bits per heavy atom.